The SMILES string of the molecule is CCC(C)NC(=O)CN1CN(c2ccccc2)C2(CCN(C(=O)c3ccc4c(c3)OCO4)CC2)C1=O. The zero-order valence-electron chi connectivity index (χ0n) is 20.7. The van der Waals surface area contributed by atoms with E-state index in [4.69, 9.17) is 9.47 Å². The minimum Gasteiger partial charge on any atom is -0.454 e. The molecule has 3 amide bonds. The second kappa shape index (κ2) is 9.72. The van der Waals surface area contributed by atoms with Gasteiger partial charge in [0.15, 0.2) is 11.5 Å². The number of carbonyl (C=O) groups is 3. The molecule has 2 fully saturated rings. The van der Waals surface area contributed by atoms with Gasteiger partial charge in [0.05, 0.1) is 6.67 Å². The second-order valence-electron chi connectivity index (χ2n) is 9.68. The van der Waals surface area contributed by atoms with Crippen LogP contribution in [0.4, 0.5) is 5.69 Å². The molecule has 3 aliphatic rings. The van der Waals surface area contributed by atoms with E-state index in [1.807, 2.05) is 44.2 Å². The summed E-state index contributed by atoms with van der Waals surface area (Å²) < 4.78 is 10.8. The maximum atomic E-state index is 13.8. The standard InChI is InChI=1S/C27H32N4O5/c1-3-19(2)28-24(32)16-30-17-31(21-7-5-4-6-8-21)27(26(30)34)11-13-29(14-12-27)25(33)20-9-10-22-23(15-20)36-18-35-22/h4-10,15,19H,3,11-14,16-18H2,1-2H3,(H,28,32). The minimum atomic E-state index is -0.788. The van der Waals surface area contributed by atoms with E-state index in [0.29, 0.717) is 49.7 Å². The predicted octanol–water partition coefficient (Wildman–Crippen LogP) is 2.61. The Morgan fingerprint density at radius 3 is 2.50 bits per heavy atom. The van der Waals surface area contributed by atoms with Crippen LogP contribution in [0.15, 0.2) is 48.5 Å². The molecule has 0 aromatic heterocycles. The quantitative estimate of drug-likeness (QED) is 0.667. The van der Waals surface area contributed by atoms with Crippen LogP contribution in [-0.4, -0.2) is 72.2 Å². The van der Waals surface area contributed by atoms with Crippen LogP contribution in [-0.2, 0) is 9.59 Å². The largest absolute Gasteiger partial charge is 0.454 e. The summed E-state index contributed by atoms with van der Waals surface area (Å²) in [6.45, 7) is 5.36. The van der Waals surface area contributed by atoms with Gasteiger partial charge in [-0.1, -0.05) is 25.1 Å². The lowest BCUT2D eigenvalue weighted by molar-refractivity contribution is -0.137. The van der Waals surface area contributed by atoms with Gasteiger partial charge in [0, 0.05) is 30.4 Å². The number of rotatable bonds is 6. The first-order valence-corrected chi connectivity index (χ1v) is 12.5. The average Bonchev–Trinajstić information content (AvgIpc) is 3.47. The number of nitrogens with one attached hydrogen (secondary N) is 1. The van der Waals surface area contributed by atoms with Crippen LogP contribution in [0.2, 0.25) is 0 Å². The number of fused-ring (bicyclic) bond motifs is 1. The van der Waals surface area contributed by atoms with Gasteiger partial charge in [0.1, 0.15) is 12.1 Å². The molecule has 2 saturated heterocycles. The van der Waals surface area contributed by atoms with Crippen molar-refractivity contribution in [2.45, 2.75) is 44.7 Å². The number of carbonyl (C=O) groups excluding carboxylic acids is 3. The van der Waals surface area contributed by atoms with Gasteiger partial charge in [-0.05, 0) is 56.5 Å². The van der Waals surface area contributed by atoms with Gasteiger partial charge in [-0.25, -0.2) is 0 Å². The van der Waals surface area contributed by atoms with E-state index in [-0.39, 0.29) is 37.1 Å². The lowest BCUT2D eigenvalue weighted by Crippen LogP contribution is -2.57. The smallest absolute Gasteiger partial charge is 0.253 e. The van der Waals surface area contributed by atoms with Crippen molar-refractivity contribution in [3.63, 3.8) is 0 Å². The molecule has 1 unspecified atom stereocenters. The van der Waals surface area contributed by atoms with Crippen LogP contribution in [0.3, 0.4) is 0 Å². The Hall–Kier alpha value is -3.75. The first kappa shape index (κ1) is 24.0. The van der Waals surface area contributed by atoms with Gasteiger partial charge in [-0.15, -0.1) is 0 Å². The molecule has 3 heterocycles. The normalized spacial score (nSPS) is 19.1. The Balaban J connectivity index is 1.33. The molecule has 0 bridgehead atoms. The van der Waals surface area contributed by atoms with Crippen LogP contribution in [0.25, 0.3) is 0 Å². The summed E-state index contributed by atoms with van der Waals surface area (Å²) in [5.74, 6) is 0.905. The van der Waals surface area contributed by atoms with Crippen LogP contribution in [0, 0.1) is 0 Å². The van der Waals surface area contributed by atoms with E-state index in [9.17, 15) is 14.4 Å². The molecule has 36 heavy (non-hydrogen) atoms. The van der Waals surface area contributed by atoms with Crippen molar-refractivity contribution in [3.05, 3.63) is 54.1 Å². The maximum Gasteiger partial charge on any atom is 0.253 e. The number of hydrogen-bond acceptors (Lipinski definition) is 6. The molecule has 0 saturated carbocycles. The summed E-state index contributed by atoms with van der Waals surface area (Å²) in [4.78, 5) is 45.2. The highest BCUT2D eigenvalue weighted by atomic mass is 16.7. The van der Waals surface area contributed by atoms with Crippen molar-refractivity contribution in [1.29, 1.82) is 0 Å². The molecule has 1 N–H and O–H groups in total. The van der Waals surface area contributed by atoms with Crippen LogP contribution in [0.5, 0.6) is 11.5 Å². The third kappa shape index (κ3) is 4.34. The lowest BCUT2D eigenvalue weighted by Gasteiger charge is -2.43. The number of likely N-dealkylation sites (tertiary alicyclic amines) is 1. The monoisotopic (exact) mass is 492 g/mol. The van der Waals surface area contributed by atoms with Gasteiger partial charge in [-0.3, -0.25) is 14.4 Å². The van der Waals surface area contributed by atoms with Crippen molar-refractivity contribution in [3.8, 4) is 11.5 Å². The summed E-state index contributed by atoms with van der Waals surface area (Å²) in [6, 6.07) is 15.1. The molecule has 3 aliphatic heterocycles. The summed E-state index contributed by atoms with van der Waals surface area (Å²) in [6.07, 6.45) is 1.80. The van der Waals surface area contributed by atoms with E-state index < -0.39 is 5.54 Å². The van der Waals surface area contributed by atoms with Gasteiger partial charge in [-0.2, -0.15) is 0 Å². The van der Waals surface area contributed by atoms with E-state index >= 15 is 0 Å². The number of para-hydroxylation sites is 1. The fourth-order valence-corrected chi connectivity index (χ4v) is 5.21. The predicted molar refractivity (Wildman–Crippen MR) is 134 cm³/mol. The number of nitrogens with zero attached hydrogens (tertiary/aromatic N) is 3. The topological polar surface area (TPSA) is 91.4 Å². The molecule has 190 valence electrons. The Bertz CT molecular complexity index is 1150. The Morgan fingerprint density at radius 2 is 1.78 bits per heavy atom. The van der Waals surface area contributed by atoms with E-state index in [1.165, 1.54) is 0 Å². The van der Waals surface area contributed by atoms with Crippen molar-refractivity contribution < 1.29 is 23.9 Å². The number of benzene rings is 2. The maximum absolute atomic E-state index is 13.8. The van der Waals surface area contributed by atoms with Crippen molar-refractivity contribution in [2.24, 2.45) is 0 Å². The number of piperidine rings is 1. The first-order chi connectivity index (χ1) is 17.4. The van der Waals surface area contributed by atoms with Gasteiger partial charge < -0.3 is 29.5 Å². The highest BCUT2D eigenvalue weighted by molar-refractivity contribution is 5.98. The molecular weight excluding hydrogens is 460 g/mol. The van der Waals surface area contributed by atoms with E-state index in [2.05, 4.69) is 10.2 Å². The molecule has 9 nitrogen and oxygen atoms in total. The lowest BCUT2D eigenvalue weighted by atomic mass is 9.85. The molecule has 2 aromatic carbocycles. The summed E-state index contributed by atoms with van der Waals surface area (Å²) >= 11 is 0. The summed E-state index contributed by atoms with van der Waals surface area (Å²) in [5, 5.41) is 2.96. The van der Waals surface area contributed by atoms with Gasteiger partial charge in [0.2, 0.25) is 12.7 Å². The molecule has 0 aliphatic carbocycles. The highest BCUT2D eigenvalue weighted by Gasteiger charge is 2.54. The number of amides is 3. The molecule has 0 radical (unpaired) electrons. The van der Waals surface area contributed by atoms with Gasteiger partial charge >= 0.3 is 0 Å². The fraction of sp³-hybridized carbons (Fsp3) is 0.444. The molecule has 1 atom stereocenters. The Morgan fingerprint density at radius 1 is 1.06 bits per heavy atom. The number of anilines is 1. The molecule has 1 spiro atoms. The Labute approximate surface area is 210 Å². The third-order valence-corrected chi connectivity index (χ3v) is 7.43. The Kier molecular flexibility index (Phi) is 6.47. The third-order valence-electron chi connectivity index (χ3n) is 7.43. The highest BCUT2D eigenvalue weighted by Crippen LogP contribution is 2.40. The van der Waals surface area contributed by atoms with Crippen molar-refractivity contribution in [1.82, 2.24) is 15.1 Å². The average molecular weight is 493 g/mol. The number of ether oxygens (including phenoxy) is 2. The van der Waals surface area contributed by atoms with Crippen molar-refractivity contribution in [2.75, 3.05) is 38.0 Å². The molecule has 2 aromatic rings. The molecule has 9 heteroatoms. The van der Waals surface area contributed by atoms with Crippen LogP contribution < -0.4 is 19.7 Å². The van der Waals surface area contributed by atoms with Gasteiger partial charge in [0.25, 0.3) is 11.8 Å². The summed E-state index contributed by atoms with van der Waals surface area (Å²) in [7, 11) is 0. The van der Waals surface area contributed by atoms with Crippen molar-refractivity contribution >= 4 is 23.4 Å². The zero-order valence-corrected chi connectivity index (χ0v) is 20.7. The zero-order chi connectivity index (χ0) is 25.3. The molecule has 5 rings (SSSR count). The second-order valence-corrected chi connectivity index (χ2v) is 9.68. The minimum absolute atomic E-state index is 0.0219. The fourth-order valence-electron chi connectivity index (χ4n) is 5.21. The van der Waals surface area contributed by atoms with Crippen LogP contribution in [0.1, 0.15) is 43.5 Å². The first-order valence-electron chi connectivity index (χ1n) is 12.5. The van der Waals surface area contributed by atoms with Crippen LogP contribution >= 0.6 is 0 Å². The summed E-state index contributed by atoms with van der Waals surface area (Å²) in [5.41, 5.74) is 0.686. The van der Waals surface area contributed by atoms with E-state index in [0.717, 1.165) is 12.1 Å². The van der Waals surface area contributed by atoms with E-state index in [1.54, 1.807) is 28.0 Å². The molecular formula is C27H32N4O5. The number of hydrogen-bond donors (Lipinski definition) is 1.